The van der Waals surface area contributed by atoms with Gasteiger partial charge in [0.2, 0.25) is 0 Å². The van der Waals surface area contributed by atoms with Crippen LogP contribution in [-0.2, 0) is 6.18 Å². The van der Waals surface area contributed by atoms with Crippen molar-refractivity contribution in [1.29, 1.82) is 0 Å². The quantitative estimate of drug-likeness (QED) is 0.696. The normalized spacial score (nSPS) is 11.9. The number of rotatable bonds is 1. The first-order valence-electron chi connectivity index (χ1n) is 5.73. The maximum atomic E-state index is 12.7. The van der Waals surface area contributed by atoms with Crippen molar-refractivity contribution >= 4 is 16.6 Å². The standard InChI is InChI=1S/C13H9F3N4/c14-13(15,16)11-2-1-3-12(19-11)20-10-6-9(17)5-4-8(10)7-18-20/h1-7H,17H2. The number of fused-ring (bicyclic) bond motifs is 1. The summed E-state index contributed by atoms with van der Waals surface area (Å²) in [7, 11) is 0. The number of nitrogens with two attached hydrogens (primary N) is 1. The predicted octanol–water partition coefficient (Wildman–Crippen LogP) is 3.02. The number of anilines is 1. The maximum absolute atomic E-state index is 12.7. The fourth-order valence-corrected chi connectivity index (χ4v) is 1.92. The molecule has 0 fully saturated rings. The van der Waals surface area contributed by atoms with Gasteiger partial charge in [0, 0.05) is 11.1 Å². The van der Waals surface area contributed by atoms with E-state index in [0.29, 0.717) is 11.2 Å². The first-order valence-corrected chi connectivity index (χ1v) is 5.73. The van der Waals surface area contributed by atoms with Crippen LogP contribution in [0.1, 0.15) is 5.69 Å². The first-order chi connectivity index (χ1) is 9.45. The van der Waals surface area contributed by atoms with Crippen LogP contribution < -0.4 is 5.73 Å². The Hall–Kier alpha value is -2.57. The summed E-state index contributed by atoms with van der Waals surface area (Å²) in [6.45, 7) is 0. The van der Waals surface area contributed by atoms with E-state index in [9.17, 15) is 13.2 Å². The zero-order chi connectivity index (χ0) is 14.3. The summed E-state index contributed by atoms with van der Waals surface area (Å²) in [5, 5.41) is 4.84. The molecule has 4 nitrogen and oxygen atoms in total. The van der Waals surface area contributed by atoms with Crippen molar-refractivity contribution in [3.63, 3.8) is 0 Å². The monoisotopic (exact) mass is 278 g/mol. The summed E-state index contributed by atoms with van der Waals surface area (Å²) >= 11 is 0. The van der Waals surface area contributed by atoms with E-state index >= 15 is 0 Å². The third kappa shape index (κ3) is 2.07. The average molecular weight is 278 g/mol. The molecule has 20 heavy (non-hydrogen) atoms. The Bertz CT molecular complexity index is 777. The molecule has 0 saturated carbocycles. The van der Waals surface area contributed by atoms with Crippen molar-refractivity contribution in [1.82, 2.24) is 14.8 Å². The van der Waals surface area contributed by atoms with Gasteiger partial charge in [0.05, 0.1) is 11.7 Å². The van der Waals surface area contributed by atoms with Crippen molar-refractivity contribution in [2.24, 2.45) is 0 Å². The van der Waals surface area contributed by atoms with Crippen molar-refractivity contribution in [2.45, 2.75) is 6.18 Å². The van der Waals surface area contributed by atoms with Gasteiger partial charge in [-0.3, -0.25) is 0 Å². The lowest BCUT2D eigenvalue weighted by molar-refractivity contribution is -0.141. The first kappa shape index (κ1) is 12.5. The topological polar surface area (TPSA) is 56.7 Å². The van der Waals surface area contributed by atoms with Gasteiger partial charge in [-0.15, -0.1) is 0 Å². The number of aromatic nitrogens is 3. The smallest absolute Gasteiger partial charge is 0.399 e. The lowest BCUT2D eigenvalue weighted by atomic mass is 10.2. The van der Waals surface area contributed by atoms with E-state index in [0.717, 1.165) is 11.5 Å². The number of pyridine rings is 1. The highest BCUT2D eigenvalue weighted by molar-refractivity contribution is 5.83. The van der Waals surface area contributed by atoms with Crippen LogP contribution in [0, 0.1) is 0 Å². The van der Waals surface area contributed by atoms with Gasteiger partial charge in [-0.1, -0.05) is 6.07 Å². The van der Waals surface area contributed by atoms with Crippen LogP contribution in [0.15, 0.2) is 42.6 Å². The van der Waals surface area contributed by atoms with Crippen LogP contribution in [-0.4, -0.2) is 14.8 Å². The average Bonchev–Trinajstić information content (AvgIpc) is 2.81. The van der Waals surface area contributed by atoms with Gasteiger partial charge in [-0.2, -0.15) is 18.3 Å². The summed E-state index contributed by atoms with van der Waals surface area (Å²) in [5.41, 5.74) is 5.85. The molecular weight excluding hydrogens is 269 g/mol. The molecule has 0 unspecified atom stereocenters. The van der Waals surface area contributed by atoms with E-state index in [1.54, 1.807) is 24.4 Å². The number of hydrogen-bond acceptors (Lipinski definition) is 3. The SMILES string of the molecule is Nc1ccc2cnn(-c3cccc(C(F)(F)F)n3)c2c1. The van der Waals surface area contributed by atoms with E-state index in [2.05, 4.69) is 10.1 Å². The summed E-state index contributed by atoms with van der Waals surface area (Å²) in [6, 6.07) is 8.78. The Kier molecular flexibility index (Phi) is 2.63. The van der Waals surface area contributed by atoms with Gasteiger partial charge in [0.25, 0.3) is 0 Å². The van der Waals surface area contributed by atoms with E-state index in [-0.39, 0.29) is 5.82 Å². The third-order valence-corrected chi connectivity index (χ3v) is 2.84. The van der Waals surface area contributed by atoms with E-state index in [4.69, 9.17) is 5.73 Å². The number of halogens is 3. The van der Waals surface area contributed by atoms with Crippen LogP contribution in [0.5, 0.6) is 0 Å². The molecule has 2 heterocycles. The fourth-order valence-electron chi connectivity index (χ4n) is 1.92. The molecule has 3 aromatic rings. The predicted molar refractivity (Wildman–Crippen MR) is 68.3 cm³/mol. The zero-order valence-corrected chi connectivity index (χ0v) is 10.1. The second-order valence-electron chi connectivity index (χ2n) is 4.25. The minimum Gasteiger partial charge on any atom is -0.399 e. The van der Waals surface area contributed by atoms with E-state index in [1.807, 2.05) is 0 Å². The molecule has 0 amide bonds. The molecule has 1 aromatic carbocycles. The summed E-state index contributed by atoms with van der Waals surface area (Å²) < 4.78 is 39.4. The zero-order valence-electron chi connectivity index (χ0n) is 10.1. The number of nitrogens with zero attached hydrogens (tertiary/aromatic N) is 3. The number of alkyl halides is 3. The van der Waals surface area contributed by atoms with Crippen molar-refractivity contribution in [3.05, 3.63) is 48.3 Å². The van der Waals surface area contributed by atoms with Gasteiger partial charge in [-0.05, 0) is 30.3 Å². The second kappa shape index (κ2) is 4.22. The minimum atomic E-state index is -4.49. The Morgan fingerprint density at radius 3 is 2.65 bits per heavy atom. The molecule has 0 aliphatic rings. The molecule has 0 aliphatic carbocycles. The van der Waals surface area contributed by atoms with Crippen LogP contribution in [0.4, 0.5) is 18.9 Å². The molecule has 0 saturated heterocycles. The fraction of sp³-hybridized carbons (Fsp3) is 0.0769. The number of benzene rings is 1. The second-order valence-corrected chi connectivity index (χ2v) is 4.25. The summed E-state index contributed by atoms with van der Waals surface area (Å²) in [6.07, 6.45) is -2.94. The highest BCUT2D eigenvalue weighted by atomic mass is 19.4. The Morgan fingerprint density at radius 1 is 1.10 bits per heavy atom. The van der Waals surface area contributed by atoms with E-state index in [1.165, 1.54) is 16.8 Å². The van der Waals surface area contributed by atoms with Crippen LogP contribution in [0.25, 0.3) is 16.7 Å². The van der Waals surface area contributed by atoms with Gasteiger partial charge < -0.3 is 5.73 Å². The molecule has 7 heteroatoms. The molecular formula is C13H9F3N4. The van der Waals surface area contributed by atoms with Gasteiger partial charge >= 0.3 is 6.18 Å². The summed E-state index contributed by atoms with van der Waals surface area (Å²) in [5.74, 6) is 0.0976. The van der Waals surface area contributed by atoms with Crippen LogP contribution >= 0.6 is 0 Å². The van der Waals surface area contributed by atoms with Gasteiger partial charge in [0.1, 0.15) is 5.69 Å². The van der Waals surface area contributed by atoms with Gasteiger partial charge in [0.15, 0.2) is 5.82 Å². The molecule has 3 rings (SSSR count). The Labute approximate surface area is 111 Å². The minimum absolute atomic E-state index is 0.0976. The molecule has 0 bridgehead atoms. The van der Waals surface area contributed by atoms with Crippen LogP contribution in [0.2, 0.25) is 0 Å². The number of nitrogen functional groups attached to an aromatic ring is 1. The van der Waals surface area contributed by atoms with Crippen molar-refractivity contribution in [2.75, 3.05) is 5.73 Å². The molecule has 102 valence electrons. The molecule has 0 radical (unpaired) electrons. The highest BCUT2D eigenvalue weighted by Gasteiger charge is 2.32. The molecule has 2 aromatic heterocycles. The van der Waals surface area contributed by atoms with Crippen molar-refractivity contribution in [3.8, 4) is 5.82 Å². The Morgan fingerprint density at radius 2 is 1.90 bits per heavy atom. The van der Waals surface area contributed by atoms with Gasteiger partial charge in [-0.25, -0.2) is 9.67 Å². The molecule has 0 aliphatic heterocycles. The number of hydrogen-bond donors (Lipinski definition) is 1. The highest BCUT2D eigenvalue weighted by Crippen LogP contribution is 2.28. The Balaban J connectivity index is 2.18. The van der Waals surface area contributed by atoms with E-state index < -0.39 is 11.9 Å². The third-order valence-electron chi connectivity index (χ3n) is 2.84. The largest absolute Gasteiger partial charge is 0.433 e. The molecule has 0 atom stereocenters. The lowest BCUT2D eigenvalue weighted by Crippen LogP contribution is -2.10. The lowest BCUT2D eigenvalue weighted by Gasteiger charge is -2.08. The van der Waals surface area contributed by atoms with Crippen LogP contribution in [0.3, 0.4) is 0 Å². The maximum Gasteiger partial charge on any atom is 0.433 e. The van der Waals surface area contributed by atoms with Crippen molar-refractivity contribution < 1.29 is 13.2 Å². The molecule has 0 spiro atoms. The summed E-state index contributed by atoms with van der Waals surface area (Å²) in [4.78, 5) is 3.60. The molecule has 2 N–H and O–H groups in total.